The molecule has 0 radical (unpaired) electrons. The number of ether oxygens (including phenoxy) is 2. The van der Waals surface area contributed by atoms with E-state index in [1.807, 2.05) is 45.0 Å². The predicted octanol–water partition coefficient (Wildman–Crippen LogP) is 4.66. The van der Waals surface area contributed by atoms with E-state index in [1.54, 1.807) is 0 Å². The van der Waals surface area contributed by atoms with Crippen molar-refractivity contribution in [1.82, 2.24) is 0 Å². The van der Waals surface area contributed by atoms with Gasteiger partial charge in [0.1, 0.15) is 5.60 Å². The second kappa shape index (κ2) is 10.2. The zero-order valence-corrected chi connectivity index (χ0v) is 14.0. The van der Waals surface area contributed by atoms with Crippen molar-refractivity contribution < 1.29 is 14.3 Å². The summed E-state index contributed by atoms with van der Waals surface area (Å²) in [5, 5.41) is 0. The SMILES string of the molecule is CC(C)(C)OC(=O)CC/C=C\CCCOCc1ccccc1. The van der Waals surface area contributed by atoms with E-state index in [4.69, 9.17) is 9.47 Å². The molecule has 0 saturated carbocycles. The van der Waals surface area contributed by atoms with Gasteiger partial charge in [0, 0.05) is 13.0 Å². The van der Waals surface area contributed by atoms with Crippen molar-refractivity contribution in [2.45, 2.75) is 58.7 Å². The van der Waals surface area contributed by atoms with Gasteiger partial charge in [-0.2, -0.15) is 0 Å². The molecule has 0 aliphatic heterocycles. The third-order valence-electron chi connectivity index (χ3n) is 2.87. The maximum Gasteiger partial charge on any atom is 0.306 e. The van der Waals surface area contributed by atoms with Crippen molar-refractivity contribution in [1.29, 1.82) is 0 Å². The molecule has 22 heavy (non-hydrogen) atoms. The van der Waals surface area contributed by atoms with Crippen LogP contribution in [0.25, 0.3) is 0 Å². The first kappa shape index (κ1) is 18.4. The van der Waals surface area contributed by atoms with Gasteiger partial charge in [0.2, 0.25) is 0 Å². The Kier molecular flexibility index (Phi) is 8.53. The smallest absolute Gasteiger partial charge is 0.306 e. The van der Waals surface area contributed by atoms with Crippen LogP contribution >= 0.6 is 0 Å². The van der Waals surface area contributed by atoms with Gasteiger partial charge < -0.3 is 9.47 Å². The van der Waals surface area contributed by atoms with Crippen LogP contribution in [0.5, 0.6) is 0 Å². The van der Waals surface area contributed by atoms with E-state index in [1.165, 1.54) is 5.56 Å². The number of carbonyl (C=O) groups excluding carboxylic acids is 1. The number of hydrogen-bond acceptors (Lipinski definition) is 3. The van der Waals surface area contributed by atoms with E-state index in [2.05, 4.69) is 18.2 Å². The quantitative estimate of drug-likeness (QED) is 0.378. The first-order chi connectivity index (χ1) is 10.5. The van der Waals surface area contributed by atoms with Crippen LogP contribution in [-0.4, -0.2) is 18.2 Å². The van der Waals surface area contributed by atoms with E-state index in [0.717, 1.165) is 25.9 Å². The van der Waals surface area contributed by atoms with Crippen molar-refractivity contribution in [3.63, 3.8) is 0 Å². The lowest BCUT2D eigenvalue weighted by Crippen LogP contribution is -2.23. The fourth-order valence-electron chi connectivity index (χ4n) is 1.90. The van der Waals surface area contributed by atoms with Crippen LogP contribution in [-0.2, 0) is 20.9 Å². The molecule has 0 heterocycles. The summed E-state index contributed by atoms with van der Waals surface area (Å²) >= 11 is 0. The molecule has 0 aromatic heterocycles. The highest BCUT2D eigenvalue weighted by molar-refractivity contribution is 5.69. The molecule has 0 aliphatic carbocycles. The first-order valence-electron chi connectivity index (χ1n) is 7.96. The minimum atomic E-state index is -0.392. The van der Waals surface area contributed by atoms with Crippen molar-refractivity contribution >= 4 is 5.97 Å². The van der Waals surface area contributed by atoms with Crippen LogP contribution in [0.1, 0.15) is 52.0 Å². The lowest BCUT2D eigenvalue weighted by atomic mass is 10.2. The molecule has 0 aliphatic rings. The number of esters is 1. The minimum Gasteiger partial charge on any atom is -0.460 e. The molecular formula is C19H28O3. The van der Waals surface area contributed by atoms with Crippen LogP contribution in [0, 0.1) is 0 Å². The van der Waals surface area contributed by atoms with Crippen molar-refractivity contribution in [3.05, 3.63) is 48.0 Å². The van der Waals surface area contributed by atoms with Crippen LogP contribution in [0.2, 0.25) is 0 Å². The van der Waals surface area contributed by atoms with E-state index < -0.39 is 5.60 Å². The zero-order valence-electron chi connectivity index (χ0n) is 14.0. The van der Waals surface area contributed by atoms with Crippen LogP contribution in [0.15, 0.2) is 42.5 Å². The van der Waals surface area contributed by atoms with Gasteiger partial charge in [-0.05, 0) is 45.6 Å². The Hall–Kier alpha value is -1.61. The number of hydrogen-bond donors (Lipinski definition) is 0. The zero-order chi connectivity index (χ0) is 16.3. The maximum atomic E-state index is 11.5. The van der Waals surface area contributed by atoms with E-state index >= 15 is 0 Å². The average molecular weight is 304 g/mol. The van der Waals surface area contributed by atoms with Crippen LogP contribution in [0.4, 0.5) is 0 Å². The molecule has 0 saturated heterocycles. The molecule has 0 atom stereocenters. The third-order valence-corrected chi connectivity index (χ3v) is 2.87. The highest BCUT2D eigenvalue weighted by Crippen LogP contribution is 2.09. The number of allylic oxidation sites excluding steroid dienone is 2. The number of benzene rings is 1. The Bertz CT molecular complexity index is 443. The molecule has 1 aromatic rings. The van der Waals surface area contributed by atoms with Crippen LogP contribution in [0.3, 0.4) is 0 Å². The van der Waals surface area contributed by atoms with Gasteiger partial charge in [-0.3, -0.25) is 4.79 Å². The normalized spacial score (nSPS) is 11.8. The molecule has 122 valence electrons. The number of carbonyl (C=O) groups is 1. The topological polar surface area (TPSA) is 35.5 Å². The Morgan fingerprint density at radius 2 is 1.77 bits per heavy atom. The molecule has 3 nitrogen and oxygen atoms in total. The highest BCUT2D eigenvalue weighted by Gasteiger charge is 2.14. The summed E-state index contributed by atoms with van der Waals surface area (Å²) < 4.78 is 10.9. The second-order valence-corrected chi connectivity index (χ2v) is 6.28. The molecule has 1 rings (SSSR count). The Labute approximate surface area is 134 Å². The Morgan fingerprint density at radius 3 is 2.45 bits per heavy atom. The summed E-state index contributed by atoms with van der Waals surface area (Å²) in [5.41, 5.74) is 0.812. The lowest BCUT2D eigenvalue weighted by Gasteiger charge is -2.19. The summed E-state index contributed by atoms with van der Waals surface area (Å²) in [7, 11) is 0. The van der Waals surface area contributed by atoms with Crippen LogP contribution < -0.4 is 0 Å². The highest BCUT2D eigenvalue weighted by atomic mass is 16.6. The van der Waals surface area contributed by atoms with Gasteiger partial charge in [-0.1, -0.05) is 42.5 Å². The van der Waals surface area contributed by atoms with Gasteiger partial charge in [0.15, 0.2) is 0 Å². The predicted molar refractivity (Wildman–Crippen MR) is 89.6 cm³/mol. The summed E-state index contributed by atoms with van der Waals surface area (Å²) in [6.07, 6.45) is 7.30. The lowest BCUT2D eigenvalue weighted by molar-refractivity contribution is -0.154. The van der Waals surface area contributed by atoms with E-state index in [-0.39, 0.29) is 5.97 Å². The van der Waals surface area contributed by atoms with Gasteiger partial charge in [0.05, 0.1) is 6.61 Å². The molecule has 0 unspecified atom stereocenters. The standard InChI is InChI=1S/C19H28O3/c1-19(2,3)22-18(20)14-10-5-4-6-11-15-21-16-17-12-8-7-9-13-17/h4-5,7-9,12-13H,6,10-11,14-16H2,1-3H3/b5-4-. The molecule has 0 bridgehead atoms. The van der Waals surface area contributed by atoms with Crippen molar-refractivity contribution in [3.8, 4) is 0 Å². The largest absolute Gasteiger partial charge is 0.460 e. The summed E-state index contributed by atoms with van der Waals surface area (Å²) in [5.74, 6) is -0.136. The average Bonchev–Trinajstić information content (AvgIpc) is 2.44. The monoisotopic (exact) mass is 304 g/mol. The third kappa shape index (κ3) is 10.2. The van der Waals surface area contributed by atoms with Gasteiger partial charge >= 0.3 is 5.97 Å². The summed E-state index contributed by atoms with van der Waals surface area (Å²) in [6, 6.07) is 10.2. The fourth-order valence-corrected chi connectivity index (χ4v) is 1.90. The van der Waals surface area contributed by atoms with Crippen molar-refractivity contribution in [2.75, 3.05) is 6.61 Å². The van der Waals surface area contributed by atoms with Gasteiger partial charge in [-0.25, -0.2) is 0 Å². The summed E-state index contributed by atoms with van der Waals surface area (Å²) in [6.45, 7) is 7.08. The Morgan fingerprint density at radius 1 is 1.09 bits per heavy atom. The van der Waals surface area contributed by atoms with Crippen molar-refractivity contribution in [2.24, 2.45) is 0 Å². The molecule has 3 heteroatoms. The fraction of sp³-hybridized carbons (Fsp3) is 0.526. The molecular weight excluding hydrogens is 276 g/mol. The minimum absolute atomic E-state index is 0.136. The van der Waals surface area contributed by atoms with Gasteiger partial charge in [0.25, 0.3) is 0 Å². The van der Waals surface area contributed by atoms with E-state index in [9.17, 15) is 4.79 Å². The number of rotatable bonds is 9. The molecule has 0 amide bonds. The molecule has 0 N–H and O–H groups in total. The summed E-state index contributed by atoms with van der Waals surface area (Å²) in [4.78, 5) is 11.5. The number of unbranched alkanes of at least 4 members (excludes halogenated alkanes) is 1. The molecule has 0 spiro atoms. The van der Waals surface area contributed by atoms with E-state index in [0.29, 0.717) is 13.0 Å². The second-order valence-electron chi connectivity index (χ2n) is 6.28. The van der Waals surface area contributed by atoms with Gasteiger partial charge in [-0.15, -0.1) is 0 Å². The molecule has 1 aromatic carbocycles. The Balaban J connectivity index is 1.97. The maximum absolute atomic E-state index is 11.5. The molecule has 0 fully saturated rings. The first-order valence-corrected chi connectivity index (χ1v) is 7.96.